The van der Waals surface area contributed by atoms with Gasteiger partial charge in [0.05, 0.1) is 44.9 Å². The molecule has 15 nitrogen and oxygen atoms in total. The van der Waals surface area contributed by atoms with E-state index >= 15 is 0 Å². The monoisotopic (exact) mass is 883 g/mol. The van der Waals surface area contributed by atoms with Gasteiger partial charge in [-0.1, -0.05) is 35.9 Å². The number of piperidine rings is 2. The summed E-state index contributed by atoms with van der Waals surface area (Å²) < 4.78 is 32.5. The van der Waals surface area contributed by atoms with Gasteiger partial charge in [-0.25, -0.2) is 13.4 Å². The number of hydrogen-bond donors (Lipinski definition) is 3. The molecule has 1 atom stereocenters. The quantitative estimate of drug-likeness (QED) is 0.110. The van der Waals surface area contributed by atoms with Crippen LogP contribution in [-0.2, 0) is 30.6 Å². The molecule has 0 aliphatic carbocycles. The predicted molar refractivity (Wildman–Crippen MR) is 234 cm³/mol. The topological polar surface area (TPSA) is 197 Å². The summed E-state index contributed by atoms with van der Waals surface area (Å²) in [5.74, 6) is -0.940. The summed E-state index contributed by atoms with van der Waals surface area (Å²) >= 11 is 6.50. The molecule has 3 aliphatic heterocycles. The molecule has 0 bridgehead atoms. The number of nitrogens with one attached hydrogen (secondary N) is 3. The van der Waals surface area contributed by atoms with Gasteiger partial charge >= 0.3 is 0 Å². The molecule has 3 aromatic carbocycles. The Morgan fingerprint density at radius 3 is 2.40 bits per heavy atom. The second kappa shape index (κ2) is 18.2. The van der Waals surface area contributed by atoms with Crippen molar-refractivity contribution in [2.24, 2.45) is 0 Å². The fourth-order valence-corrected chi connectivity index (χ4v) is 9.59. The smallest absolute Gasteiger partial charge is 0.262 e. The van der Waals surface area contributed by atoms with E-state index in [0.29, 0.717) is 48.6 Å². The molecule has 4 aromatic rings. The molecule has 3 N–H and O–H groups in total. The Hall–Kier alpha value is -5.87. The van der Waals surface area contributed by atoms with Gasteiger partial charge in [-0.3, -0.25) is 34.2 Å². The highest BCUT2D eigenvalue weighted by atomic mass is 35.5. The fourth-order valence-electron chi connectivity index (χ4n) is 8.25. The molecule has 1 unspecified atom stereocenters. The van der Waals surface area contributed by atoms with Gasteiger partial charge < -0.3 is 20.3 Å². The van der Waals surface area contributed by atoms with E-state index < -0.39 is 44.8 Å². The molecular formula is C45H50ClN7O8S. The first-order chi connectivity index (χ1) is 29.5. The number of halogens is 1. The van der Waals surface area contributed by atoms with Crippen LogP contribution >= 0.6 is 11.6 Å². The van der Waals surface area contributed by atoms with Crippen LogP contribution in [0.25, 0.3) is 0 Å². The van der Waals surface area contributed by atoms with Crippen molar-refractivity contribution in [3.63, 3.8) is 0 Å². The SMILES string of the molecule is Cc1cc(Nc2ncc(Cl)c(Nc3ccccc3S(=O)(=O)C(C)C)n2)c(OC(C)C)cc1C1CCN(C(=O)CCCc2cccc3c2C(=O)N(C2CCC(=O)NC2=O)C3=O)CC1. The van der Waals surface area contributed by atoms with Crippen LogP contribution < -0.4 is 20.7 Å². The lowest BCUT2D eigenvalue weighted by Gasteiger charge is -2.33. The van der Waals surface area contributed by atoms with Gasteiger partial charge in [-0.2, -0.15) is 4.98 Å². The Balaban J connectivity index is 0.982. The van der Waals surface area contributed by atoms with E-state index in [1.54, 1.807) is 56.3 Å². The summed E-state index contributed by atoms with van der Waals surface area (Å²) in [7, 11) is -3.60. The number of para-hydroxylation sites is 1. The van der Waals surface area contributed by atoms with E-state index in [-0.39, 0.29) is 70.0 Å². The van der Waals surface area contributed by atoms with Crippen molar-refractivity contribution in [3.8, 4) is 5.75 Å². The molecule has 326 valence electrons. The van der Waals surface area contributed by atoms with Crippen LogP contribution in [0.1, 0.15) is 110 Å². The number of likely N-dealkylation sites (tertiary alicyclic amines) is 1. The third kappa shape index (κ3) is 9.16. The number of anilines is 4. The number of nitrogens with zero attached hydrogens (tertiary/aromatic N) is 4. The zero-order valence-electron chi connectivity index (χ0n) is 35.3. The van der Waals surface area contributed by atoms with Gasteiger partial charge in [-0.15, -0.1) is 0 Å². The number of amides is 5. The molecule has 0 spiro atoms. The van der Waals surface area contributed by atoms with Crippen LogP contribution in [0, 0.1) is 6.92 Å². The zero-order valence-corrected chi connectivity index (χ0v) is 36.9. The minimum Gasteiger partial charge on any atom is -0.489 e. The second-order valence-electron chi connectivity index (χ2n) is 16.4. The Bertz CT molecular complexity index is 2560. The summed E-state index contributed by atoms with van der Waals surface area (Å²) in [6, 6.07) is 14.6. The number of aryl methyl sites for hydroxylation is 2. The number of hydrogen-bond acceptors (Lipinski definition) is 12. The zero-order chi connectivity index (χ0) is 44.5. The lowest BCUT2D eigenvalue weighted by Crippen LogP contribution is -2.54. The Morgan fingerprint density at radius 2 is 1.69 bits per heavy atom. The minimum atomic E-state index is -3.60. The van der Waals surface area contributed by atoms with E-state index in [4.69, 9.17) is 16.3 Å². The second-order valence-corrected chi connectivity index (χ2v) is 19.3. The van der Waals surface area contributed by atoms with Crippen molar-refractivity contribution in [2.75, 3.05) is 23.7 Å². The van der Waals surface area contributed by atoms with Gasteiger partial charge in [0.15, 0.2) is 15.7 Å². The third-order valence-corrected chi connectivity index (χ3v) is 14.0. The number of ether oxygens (including phenoxy) is 1. The summed E-state index contributed by atoms with van der Waals surface area (Å²) in [6.07, 6.45) is 4.07. The summed E-state index contributed by atoms with van der Waals surface area (Å²) in [4.78, 5) is 76.3. The maximum Gasteiger partial charge on any atom is 0.262 e. The number of sulfone groups is 1. The van der Waals surface area contributed by atoms with Crippen LogP contribution in [0.4, 0.5) is 23.1 Å². The number of rotatable bonds is 14. The van der Waals surface area contributed by atoms with Crippen LogP contribution in [0.3, 0.4) is 0 Å². The van der Waals surface area contributed by atoms with Gasteiger partial charge in [-0.05, 0) is 120 Å². The largest absolute Gasteiger partial charge is 0.489 e. The normalized spacial score (nSPS) is 17.1. The van der Waals surface area contributed by atoms with E-state index in [0.717, 1.165) is 28.9 Å². The third-order valence-electron chi connectivity index (χ3n) is 11.5. The molecule has 62 heavy (non-hydrogen) atoms. The summed E-state index contributed by atoms with van der Waals surface area (Å²) in [5, 5.41) is 8.16. The predicted octanol–water partition coefficient (Wildman–Crippen LogP) is 7.03. The van der Waals surface area contributed by atoms with Crippen molar-refractivity contribution >= 4 is 74.1 Å². The lowest BCUT2D eigenvalue weighted by molar-refractivity contribution is -0.136. The molecule has 2 saturated heterocycles. The fraction of sp³-hybridized carbons (Fsp3) is 0.400. The number of imide groups is 2. The summed E-state index contributed by atoms with van der Waals surface area (Å²) in [5.41, 5.74) is 4.26. The average molecular weight is 884 g/mol. The first-order valence-electron chi connectivity index (χ1n) is 20.8. The molecule has 1 aromatic heterocycles. The van der Waals surface area contributed by atoms with Gasteiger partial charge in [0, 0.05) is 25.9 Å². The highest BCUT2D eigenvalue weighted by Gasteiger charge is 2.45. The number of benzene rings is 3. The Morgan fingerprint density at radius 1 is 0.952 bits per heavy atom. The first-order valence-corrected chi connectivity index (χ1v) is 22.8. The molecule has 17 heteroatoms. The molecule has 0 radical (unpaired) electrons. The molecule has 3 aliphatic rings. The van der Waals surface area contributed by atoms with Crippen molar-refractivity contribution in [1.29, 1.82) is 0 Å². The van der Waals surface area contributed by atoms with Crippen molar-refractivity contribution in [2.45, 2.75) is 108 Å². The molecule has 2 fully saturated rings. The number of fused-ring (bicyclic) bond motifs is 1. The number of carbonyl (C=O) groups excluding carboxylic acids is 5. The Labute approximate surface area is 365 Å². The van der Waals surface area contributed by atoms with Gasteiger partial charge in [0.2, 0.25) is 23.7 Å². The molecule has 4 heterocycles. The van der Waals surface area contributed by atoms with Gasteiger partial charge in [0.1, 0.15) is 16.8 Å². The molecule has 0 saturated carbocycles. The van der Waals surface area contributed by atoms with Crippen molar-refractivity contribution in [3.05, 3.63) is 93.6 Å². The summed E-state index contributed by atoms with van der Waals surface area (Å²) in [6.45, 7) is 10.3. The molecule has 5 amide bonds. The van der Waals surface area contributed by atoms with Crippen LogP contribution in [-0.4, -0.2) is 88.2 Å². The number of carbonyl (C=O) groups is 5. The Kier molecular flexibility index (Phi) is 13.0. The van der Waals surface area contributed by atoms with E-state index in [1.807, 2.05) is 37.8 Å². The lowest BCUT2D eigenvalue weighted by atomic mass is 9.86. The standard InChI is InChI=1S/C45H50ClN7O8S/c1-25(2)61-36-23-31(27(5)22-34(36)49-45-47-24-32(46)41(51-45)48-33-13-6-7-14-37(33)62(59,60)26(3)4)28-18-20-52(21-19-28)39(55)15-9-11-29-10-8-12-30-40(29)44(58)53(43(30)57)35-16-17-38(54)50-42(35)56/h6-8,10,12-14,22-26,28,35H,9,11,15-21H2,1-5H3,(H,50,54,56)(H2,47,48,49,51). The van der Waals surface area contributed by atoms with E-state index in [2.05, 4.69) is 25.9 Å². The molecule has 7 rings (SSSR count). The maximum absolute atomic E-state index is 13.5. The minimum absolute atomic E-state index is 0.0190. The van der Waals surface area contributed by atoms with E-state index in [1.165, 1.54) is 6.20 Å². The van der Waals surface area contributed by atoms with Crippen molar-refractivity contribution < 1.29 is 37.1 Å². The highest BCUT2D eigenvalue weighted by molar-refractivity contribution is 7.92. The van der Waals surface area contributed by atoms with Crippen LogP contribution in [0.2, 0.25) is 5.02 Å². The van der Waals surface area contributed by atoms with Crippen LogP contribution in [0.15, 0.2) is 65.7 Å². The van der Waals surface area contributed by atoms with Gasteiger partial charge in [0.25, 0.3) is 11.8 Å². The first kappa shape index (κ1) is 44.2. The molecular weight excluding hydrogens is 834 g/mol. The number of aromatic nitrogens is 2. The maximum atomic E-state index is 13.5. The highest BCUT2D eigenvalue weighted by Crippen LogP contribution is 2.39. The van der Waals surface area contributed by atoms with E-state index in [9.17, 15) is 32.4 Å². The average Bonchev–Trinajstić information content (AvgIpc) is 3.49. The van der Waals surface area contributed by atoms with Crippen LogP contribution in [0.5, 0.6) is 5.75 Å². The van der Waals surface area contributed by atoms with Crippen molar-refractivity contribution in [1.82, 2.24) is 25.1 Å².